The number of carbonyl (C=O) groups excluding carboxylic acids is 1. The van der Waals surface area contributed by atoms with Crippen LogP contribution in [0.25, 0.3) is 11.0 Å². The molecule has 5 N–H and O–H groups in total. The summed E-state index contributed by atoms with van der Waals surface area (Å²) < 4.78 is 1.83. The van der Waals surface area contributed by atoms with Crippen LogP contribution in [0, 0.1) is 0 Å². The molecule has 0 saturated heterocycles. The van der Waals surface area contributed by atoms with Crippen molar-refractivity contribution in [3.05, 3.63) is 24.0 Å². The minimum Gasteiger partial charge on any atom is -0.397 e. The van der Waals surface area contributed by atoms with Gasteiger partial charge in [0.05, 0.1) is 11.2 Å². The van der Waals surface area contributed by atoms with Crippen LogP contribution in [-0.2, 0) is 17.8 Å². The fourth-order valence-electron chi connectivity index (χ4n) is 1.85. The number of imidazole rings is 1. The summed E-state index contributed by atoms with van der Waals surface area (Å²) in [5.41, 5.74) is 10.2. The smallest absolute Gasteiger partial charge is 0.253 e. The van der Waals surface area contributed by atoms with E-state index in [2.05, 4.69) is 10.4 Å². The Morgan fingerprint density at radius 1 is 1.53 bits per heavy atom. The number of carbonyl (C=O) groups is 1. The van der Waals surface area contributed by atoms with Gasteiger partial charge in [-0.15, -0.1) is 0 Å². The number of anilines is 1. The van der Waals surface area contributed by atoms with Crippen molar-refractivity contribution in [3.63, 3.8) is 0 Å². The third-order valence-corrected chi connectivity index (χ3v) is 2.67. The molecule has 6 nitrogen and oxygen atoms in total. The third-order valence-electron chi connectivity index (χ3n) is 2.67. The molecular weight excluding hydrogens is 218 g/mol. The van der Waals surface area contributed by atoms with Gasteiger partial charge in [0, 0.05) is 6.42 Å². The van der Waals surface area contributed by atoms with Crippen LogP contribution in [0.3, 0.4) is 0 Å². The molecule has 1 aromatic carbocycles. The molecule has 0 unspecified atom stereocenters. The normalized spacial score (nSPS) is 10.7. The van der Waals surface area contributed by atoms with E-state index < -0.39 is 0 Å². The van der Waals surface area contributed by atoms with Gasteiger partial charge in [0.2, 0.25) is 0 Å². The zero-order chi connectivity index (χ0) is 12.4. The van der Waals surface area contributed by atoms with Crippen molar-refractivity contribution in [1.82, 2.24) is 15.0 Å². The fourth-order valence-corrected chi connectivity index (χ4v) is 1.85. The number of hydrogen-bond acceptors (Lipinski definition) is 4. The molecule has 0 spiro atoms. The van der Waals surface area contributed by atoms with Gasteiger partial charge in [-0.05, 0) is 12.1 Å². The highest BCUT2D eigenvalue weighted by atomic mass is 16.2. The number of hydrogen-bond donors (Lipinski definition) is 3. The monoisotopic (exact) mass is 233 g/mol. The first-order valence-electron chi connectivity index (χ1n) is 5.40. The average Bonchev–Trinajstić information content (AvgIpc) is 2.69. The molecule has 0 aliphatic heterocycles. The first-order chi connectivity index (χ1) is 8.17. The number of hydrazine groups is 1. The summed E-state index contributed by atoms with van der Waals surface area (Å²) in [4.78, 5) is 15.8. The largest absolute Gasteiger partial charge is 0.397 e. The number of nitrogens with two attached hydrogens (primary N) is 2. The van der Waals surface area contributed by atoms with Crippen molar-refractivity contribution in [2.75, 3.05) is 5.73 Å². The van der Waals surface area contributed by atoms with Gasteiger partial charge in [-0.2, -0.15) is 0 Å². The molecule has 1 aromatic heterocycles. The summed E-state index contributed by atoms with van der Waals surface area (Å²) in [5, 5.41) is 0. The molecule has 0 bridgehead atoms. The van der Waals surface area contributed by atoms with E-state index in [9.17, 15) is 4.79 Å². The predicted molar refractivity (Wildman–Crippen MR) is 65.9 cm³/mol. The Hall–Kier alpha value is -2.08. The number of nitrogens with one attached hydrogen (secondary N) is 1. The van der Waals surface area contributed by atoms with Gasteiger partial charge in [0.15, 0.2) is 0 Å². The number of aryl methyl sites for hydroxylation is 1. The minimum atomic E-state index is -0.263. The maximum atomic E-state index is 11.4. The standard InChI is InChI=1S/C11H15N5O/c1-2-9-14-11-7(12)4-3-5-8(11)16(9)6-10(17)15-13/h3-5H,2,6,12-13H2,1H3,(H,15,17). The fraction of sp³-hybridized carbons (Fsp3) is 0.273. The van der Waals surface area contributed by atoms with E-state index in [1.807, 2.05) is 23.6 Å². The SMILES string of the molecule is CCc1nc2c(N)cccc2n1CC(=O)NN. The lowest BCUT2D eigenvalue weighted by Gasteiger charge is -2.06. The zero-order valence-electron chi connectivity index (χ0n) is 9.60. The van der Waals surface area contributed by atoms with Crippen molar-refractivity contribution in [3.8, 4) is 0 Å². The molecule has 1 heterocycles. The van der Waals surface area contributed by atoms with Crippen LogP contribution >= 0.6 is 0 Å². The van der Waals surface area contributed by atoms with Gasteiger partial charge in [-0.1, -0.05) is 13.0 Å². The van der Waals surface area contributed by atoms with Crippen LogP contribution in [0.1, 0.15) is 12.7 Å². The number of para-hydroxylation sites is 1. The molecule has 2 aromatic rings. The Kier molecular flexibility index (Phi) is 2.97. The molecule has 0 aliphatic rings. The van der Waals surface area contributed by atoms with Gasteiger partial charge in [-0.25, -0.2) is 10.8 Å². The number of benzene rings is 1. The maximum Gasteiger partial charge on any atom is 0.253 e. The second-order valence-electron chi connectivity index (χ2n) is 3.75. The Labute approximate surface area is 98.6 Å². The van der Waals surface area contributed by atoms with E-state index in [0.29, 0.717) is 5.69 Å². The summed E-state index contributed by atoms with van der Waals surface area (Å²) in [6.45, 7) is 2.13. The van der Waals surface area contributed by atoms with Gasteiger partial charge >= 0.3 is 0 Å². The van der Waals surface area contributed by atoms with E-state index in [0.717, 1.165) is 23.3 Å². The summed E-state index contributed by atoms with van der Waals surface area (Å²) in [7, 11) is 0. The second kappa shape index (κ2) is 4.42. The van der Waals surface area contributed by atoms with Gasteiger partial charge in [-0.3, -0.25) is 10.2 Å². The maximum absolute atomic E-state index is 11.4. The molecule has 0 fully saturated rings. The summed E-state index contributed by atoms with van der Waals surface area (Å²) >= 11 is 0. The first kappa shape index (κ1) is 11.4. The van der Waals surface area contributed by atoms with Crippen molar-refractivity contribution >= 4 is 22.6 Å². The number of rotatable bonds is 3. The van der Waals surface area contributed by atoms with Gasteiger partial charge in [0.25, 0.3) is 5.91 Å². The number of nitrogen functional groups attached to an aromatic ring is 1. The Morgan fingerprint density at radius 3 is 2.94 bits per heavy atom. The van der Waals surface area contributed by atoms with Crippen LogP contribution < -0.4 is 17.0 Å². The van der Waals surface area contributed by atoms with Gasteiger partial charge < -0.3 is 10.3 Å². The van der Waals surface area contributed by atoms with Crippen molar-refractivity contribution in [1.29, 1.82) is 0 Å². The summed E-state index contributed by atoms with van der Waals surface area (Å²) in [6, 6.07) is 5.53. The molecule has 0 aliphatic carbocycles. The van der Waals surface area contributed by atoms with E-state index >= 15 is 0 Å². The van der Waals surface area contributed by atoms with E-state index in [-0.39, 0.29) is 12.5 Å². The summed E-state index contributed by atoms with van der Waals surface area (Å²) in [5.74, 6) is 5.65. The molecule has 0 atom stereocenters. The van der Waals surface area contributed by atoms with Crippen LogP contribution in [0.5, 0.6) is 0 Å². The number of aromatic nitrogens is 2. The molecule has 0 saturated carbocycles. The lowest BCUT2D eigenvalue weighted by atomic mass is 10.3. The second-order valence-corrected chi connectivity index (χ2v) is 3.75. The first-order valence-corrected chi connectivity index (χ1v) is 5.40. The van der Waals surface area contributed by atoms with E-state index in [4.69, 9.17) is 11.6 Å². The minimum absolute atomic E-state index is 0.152. The zero-order valence-corrected chi connectivity index (χ0v) is 9.60. The quantitative estimate of drug-likeness (QED) is 0.304. The average molecular weight is 233 g/mol. The Balaban J connectivity index is 2.58. The lowest BCUT2D eigenvalue weighted by Crippen LogP contribution is -2.33. The molecule has 0 radical (unpaired) electrons. The molecule has 6 heteroatoms. The summed E-state index contributed by atoms with van der Waals surface area (Å²) in [6.07, 6.45) is 0.728. The molecular formula is C11H15N5O. The lowest BCUT2D eigenvalue weighted by molar-refractivity contribution is -0.121. The van der Waals surface area contributed by atoms with Crippen LogP contribution in [0.15, 0.2) is 18.2 Å². The Morgan fingerprint density at radius 2 is 2.29 bits per heavy atom. The van der Waals surface area contributed by atoms with Crippen LogP contribution in [-0.4, -0.2) is 15.5 Å². The molecule has 2 rings (SSSR count). The number of nitrogens with zero attached hydrogens (tertiary/aromatic N) is 2. The molecule has 90 valence electrons. The number of fused-ring (bicyclic) bond motifs is 1. The number of amides is 1. The highest BCUT2D eigenvalue weighted by molar-refractivity contribution is 5.88. The van der Waals surface area contributed by atoms with Crippen LogP contribution in [0.2, 0.25) is 0 Å². The highest BCUT2D eigenvalue weighted by Crippen LogP contribution is 2.21. The topological polar surface area (TPSA) is 99.0 Å². The van der Waals surface area contributed by atoms with Crippen molar-refractivity contribution < 1.29 is 4.79 Å². The Bertz CT molecular complexity index is 560. The van der Waals surface area contributed by atoms with Crippen LogP contribution in [0.4, 0.5) is 5.69 Å². The van der Waals surface area contributed by atoms with Gasteiger partial charge in [0.1, 0.15) is 17.9 Å². The molecule has 1 amide bonds. The van der Waals surface area contributed by atoms with Crippen molar-refractivity contribution in [2.24, 2.45) is 5.84 Å². The van der Waals surface area contributed by atoms with E-state index in [1.54, 1.807) is 6.07 Å². The van der Waals surface area contributed by atoms with E-state index in [1.165, 1.54) is 0 Å². The highest BCUT2D eigenvalue weighted by Gasteiger charge is 2.13. The predicted octanol–water partition coefficient (Wildman–Crippen LogP) is 0.171. The third kappa shape index (κ3) is 1.94. The van der Waals surface area contributed by atoms with Crippen molar-refractivity contribution in [2.45, 2.75) is 19.9 Å². The molecule has 17 heavy (non-hydrogen) atoms.